The van der Waals surface area contributed by atoms with E-state index in [4.69, 9.17) is 0 Å². The van der Waals surface area contributed by atoms with Crippen LogP contribution >= 0.6 is 0 Å². The van der Waals surface area contributed by atoms with Crippen molar-refractivity contribution in [1.29, 1.82) is 0 Å². The smallest absolute Gasteiger partial charge is 0.227 e. The first kappa shape index (κ1) is 19.1. The molecule has 5 heteroatoms. The van der Waals surface area contributed by atoms with Gasteiger partial charge in [0.15, 0.2) is 0 Å². The third-order valence-corrected chi connectivity index (χ3v) is 4.82. The van der Waals surface area contributed by atoms with Crippen LogP contribution in [0.4, 0.5) is 5.69 Å². The van der Waals surface area contributed by atoms with E-state index in [9.17, 15) is 9.59 Å². The van der Waals surface area contributed by atoms with E-state index in [0.717, 1.165) is 36.3 Å². The Bertz CT molecular complexity index is 799. The number of benzene rings is 2. The zero-order valence-electron chi connectivity index (χ0n) is 16.1. The Morgan fingerprint density at radius 1 is 1.07 bits per heavy atom. The maximum Gasteiger partial charge on any atom is 0.227 e. The fourth-order valence-corrected chi connectivity index (χ4v) is 3.44. The topological polar surface area (TPSA) is 53.9 Å². The molecule has 0 aliphatic carbocycles. The molecule has 0 atom stereocenters. The predicted molar refractivity (Wildman–Crippen MR) is 107 cm³/mol. The molecule has 0 spiro atoms. The number of amides is 2. The number of quaternary nitrogens is 1. The number of hydrogen-bond donors (Lipinski definition) is 2. The van der Waals surface area contributed by atoms with Gasteiger partial charge in [-0.25, -0.2) is 0 Å². The van der Waals surface area contributed by atoms with E-state index in [2.05, 4.69) is 31.5 Å². The van der Waals surface area contributed by atoms with Crippen LogP contribution in [0.25, 0.3) is 0 Å². The summed E-state index contributed by atoms with van der Waals surface area (Å²) in [6.07, 6.45) is 1.88. The standard InChI is InChI=1S/C22H27N3O2/c1-24(2)16-19-7-4-3-6-18(19)15-23-21(26)14-17-9-11-20(12-10-17)25-13-5-8-22(25)27/h3-4,6-7,9-12H,5,8,13-16H2,1-2H3,(H,23,26)/p+1. The Morgan fingerprint density at radius 2 is 1.78 bits per heavy atom. The lowest BCUT2D eigenvalue weighted by atomic mass is 10.1. The normalized spacial score (nSPS) is 14.0. The van der Waals surface area contributed by atoms with Gasteiger partial charge in [-0.2, -0.15) is 0 Å². The Labute approximate surface area is 161 Å². The predicted octanol–water partition coefficient (Wildman–Crippen LogP) is 1.32. The van der Waals surface area contributed by atoms with Crippen LogP contribution in [0, 0.1) is 0 Å². The van der Waals surface area contributed by atoms with Crippen LogP contribution in [0.15, 0.2) is 48.5 Å². The second-order valence-electron chi connectivity index (χ2n) is 7.42. The van der Waals surface area contributed by atoms with E-state index in [1.54, 1.807) is 0 Å². The van der Waals surface area contributed by atoms with Gasteiger partial charge in [0, 0.05) is 30.8 Å². The molecule has 1 heterocycles. The van der Waals surface area contributed by atoms with Crippen molar-refractivity contribution in [2.75, 3.05) is 25.5 Å². The lowest BCUT2D eigenvalue weighted by Gasteiger charge is -2.16. The van der Waals surface area contributed by atoms with Gasteiger partial charge in [-0.1, -0.05) is 36.4 Å². The van der Waals surface area contributed by atoms with Crippen molar-refractivity contribution in [2.24, 2.45) is 0 Å². The molecule has 0 unspecified atom stereocenters. The Morgan fingerprint density at radius 3 is 2.41 bits per heavy atom. The molecular weight excluding hydrogens is 338 g/mol. The van der Waals surface area contributed by atoms with Crippen molar-refractivity contribution >= 4 is 17.5 Å². The summed E-state index contributed by atoms with van der Waals surface area (Å²) in [5.41, 5.74) is 4.29. The Kier molecular flexibility index (Phi) is 6.24. The van der Waals surface area contributed by atoms with Crippen LogP contribution in [0.5, 0.6) is 0 Å². The minimum Gasteiger partial charge on any atom is -0.352 e. The fourth-order valence-electron chi connectivity index (χ4n) is 3.44. The summed E-state index contributed by atoms with van der Waals surface area (Å²) in [6.45, 7) is 2.26. The van der Waals surface area contributed by atoms with E-state index in [0.29, 0.717) is 19.4 Å². The quantitative estimate of drug-likeness (QED) is 0.777. The highest BCUT2D eigenvalue weighted by Gasteiger charge is 2.21. The van der Waals surface area contributed by atoms with Crippen molar-refractivity contribution in [2.45, 2.75) is 32.4 Å². The summed E-state index contributed by atoms with van der Waals surface area (Å²) in [4.78, 5) is 27.3. The molecule has 0 aromatic heterocycles. The van der Waals surface area contributed by atoms with E-state index < -0.39 is 0 Å². The van der Waals surface area contributed by atoms with Crippen LogP contribution in [0.1, 0.15) is 29.5 Å². The average Bonchev–Trinajstić information content (AvgIpc) is 3.07. The highest BCUT2D eigenvalue weighted by molar-refractivity contribution is 5.95. The molecule has 1 aliphatic heterocycles. The Balaban J connectivity index is 1.55. The number of hydrogen-bond acceptors (Lipinski definition) is 2. The summed E-state index contributed by atoms with van der Waals surface area (Å²) < 4.78 is 0. The molecule has 1 saturated heterocycles. The van der Waals surface area contributed by atoms with Crippen molar-refractivity contribution in [3.63, 3.8) is 0 Å². The van der Waals surface area contributed by atoms with Gasteiger partial charge in [-0.3, -0.25) is 9.59 Å². The zero-order valence-corrected chi connectivity index (χ0v) is 16.1. The highest BCUT2D eigenvalue weighted by Crippen LogP contribution is 2.21. The number of rotatable bonds is 7. The van der Waals surface area contributed by atoms with E-state index in [-0.39, 0.29) is 11.8 Å². The molecule has 2 N–H and O–H groups in total. The van der Waals surface area contributed by atoms with E-state index in [1.807, 2.05) is 41.3 Å². The van der Waals surface area contributed by atoms with Gasteiger partial charge in [0.2, 0.25) is 11.8 Å². The second-order valence-corrected chi connectivity index (χ2v) is 7.42. The zero-order chi connectivity index (χ0) is 19.2. The van der Waals surface area contributed by atoms with Crippen molar-refractivity contribution in [1.82, 2.24) is 5.32 Å². The maximum absolute atomic E-state index is 12.3. The molecule has 2 amide bonds. The number of nitrogens with zero attached hydrogens (tertiary/aromatic N) is 1. The van der Waals surface area contributed by atoms with Gasteiger partial charge in [0.1, 0.15) is 6.54 Å². The summed E-state index contributed by atoms with van der Waals surface area (Å²) in [6, 6.07) is 16.0. The van der Waals surface area contributed by atoms with Gasteiger partial charge >= 0.3 is 0 Å². The largest absolute Gasteiger partial charge is 0.352 e. The third-order valence-electron chi connectivity index (χ3n) is 4.82. The lowest BCUT2D eigenvalue weighted by Crippen LogP contribution is -3.04. The number of nitrogens with one attached hydrogen (secondary N) is 2. The van der Waals surface area contributed by atoms with Gasteiger partial charge in [0.05, 0.1) is 20.5 Å². The van der Waals surface area contributed by atoms with Crippen molar-refractivity contribution < 1.29 is 14.5 Å². The van der Waals surface area contributed by atoms with Gasteiger partial charge in [0.25, 0.3) is 0 Å². The van der Waals surface area contributed by atoms with E-state index >= 15 is 0 Å². The SMILES string of the molecule is C[NH+](C)Cc1ccccc1CNC(=O)Cc1ccc(N2CCCC2=O)cc1. The molecule has 0 saturated carbocycles. The minimum atomic E-state index is 0.00648. The molecule has 142 valence electrons. The second kappa shape index (κ2) is 8.82. The fraction of sp³-hybridized carbons (Fsp3) is 0.364. The van der Waals surface area contributed by atoms with Crippen LogP contribution in [-0.4, -0.2) is 32.5 Å². The summed E-state index contributed by atoms with van der Waals surface area (Å²) >= 11 is 0. The van der Waals surface area contributed by atoms with E-state index in [1.165, 1.54) is 10.5 Å². The number of anilines is 1. The molecule has 3 rings (SSSR count). The Hall–Kier alpha value is -2.66. The lowest BCUT2D eigenvalue weighted by molar-refractivity contribution is -0.872. The molecule has 27 heavy (non-hydrogen) atoms. The van der Waals surface area contributed by atoms with Gasteiger partial charge < -0.3 is 15.1 Å². The molecule has 1 aliphatic rings. The number of carbonyl (C=O) groups is 2. The van der Waals surface area contributed by atoms with Crippen LogP contribution < -0.4 is 15.1 Å². The molecule has 0 radical (unpaired) electrons. The first-order valence-corrected chi connectivity index (χ1v) is 9.55. The van der Waals surface area contributed by atoms with Gasteiger partial charge in [-0.15, -0.1) is 0 Å². The van der Waals surface area contributed by atoms with Crippen molar-refractivity contribution in [3.8, 4) is 0 Å². The minimum absolute atomic E-state index is 0.00648. The molecule has 5 nitrogen and oxygen atoms in total. The summed E-state index contributed by atoms with van der Waals surface area (Å²) in [5, 5.41) is 3.03. The molecule has 1 fully saturated rings. The molecular formula is C22H28N3O2+. The molecule has 2 aromatic carbocycles. The first-order chi connectivity index (χ1) is 13.0. The van der Waals surface area contributed by atoms with Crippen LogP contribution in [0.2, 0.25) is 0 Å². The molecule has 0 bridgehead atoms. The summed E-state index contributed by atoms with van der Waals surface area (Å²) in [5.74, 6) is 0.186. The van der Waals surface area contributed by atoms with Crippen LogP contribution in [-0.2, 0) is 29.1 Å². The van der Waals surface area contributed by atoms with Gasteiger partial charge in [-0.05, 0) is 29.7 Å². The summed E-state index contributed by atoms with van der Waals surface area (Å²) in [7, 11) is 4.24. The van der Waals surface area contributed by atoms with Crippen LogP contribution in [0.3, 0.4) is 0 Å². The molecule has 2 aromatic rings. The maximum atomic E-state index is 12.3. The highest BCUT2D eigenvalue weighted by atomic mass is 16.2. The third kappa shape index (κ3) is 5.17. The average molecular weight is 366 g/mol. The monoisotopic (exact) mass is 366 g/mol. The van der Waals surface area contributed by atoms with Crippen molar-refractivity contribution in [3.05, 3.63) is 65.2 Å². The first-order valence-electron chi connectivity index (χ1n) is 9.55. The number of carbonyl (C=O) groups excluding carboxylic acids is 2.